The van der Waals surface area contributed by atoms with Crippen molar-refractivity contribution in [3.8, 4) is 11.8 Å². The molecule has 0 radical (unpaired) electrons. The molecule has 2 aromatic rings. The molecule has 0 saturated heterocycles. The Balaban J connectivity index is 1.78. The highest BCUT2D eigenvalue weighted by atomic mass is 16.5. The van der Waals surface area contributed by atoms with Gasteiger partial charge in [-0.3, -0.25) is 4.99 Å². The molecule has 0 saturated carbocycles. The van der Waals surface area contributed by atoms with E-state index in [1.807, 2.05) is 36.4 Å². The molecule has 0 amide bonds. The third-order valence-corrected chi connectivity index (χ3v) is 3.38. The molecule has 2 aromatic carbocycles. The molecule has 2 rings (SSSR count). The van der Waals surface area contributed by atoms with Gasteiger partial charge in [-0.15, -0.1) is 0 Å². The zero-order valence-electron chi connectivity index (χ0n) is 13.9. The minimum absolute atomic E-state index is 0.558. The van der Waals surface area contributed by atoms with E-state index in [0.29, 0.717) is 18.8 Å². The van der Waals surface area contributed by atoms with Gasteiger partial charge in [0.25, 0.3) is 0 Å². The van der Waals surface area contributed by atoms with E-state index in [4.69, 9.17) is 14.7 Å². The maximum atomic E-state index is 8.77. The fraction of sp³-hybridized carbons (Fsp3) is 0.300. The van der Waals surface area contributed by atoms with Crippen molar-refractivity contribution in [3.05, 3.63) is 59.7 Å². The van der Waals surface area contributed by atoms with Gasteiger partial charge in [-0.05, 0) is 60.5 Å². The highest BCUT2D eigenvalue weighted by Gasteiger charge is 1.95. The standard InChI is InChI=1S/C20H22N2O2/c1-2-3-12-23-13-14-24-20-10-6-18(7-11-20)16-22-19-8-4-17(15-21)5-9-19/h4-11,16H,2-3,12-14H2,1H3. The number of hydrogen-bond donors (Lipinski definition) is 0. The van der Waals surface area contributed by atoms with Gasteiger partial charge in [-0.25, -0.2) is 0 Å². The predicted octanol–water partition coefficient (Wildman–Crippen LogP) is 4.50. The number of nitriles is 1. The first kappa shape index (κ1) is 17.7. The molecule has 0 bridgehead atoms. The number of rotatable bonds is 9. The lowest BCUT2D eigenvalue weighted by molar-refractivity contribution is 0.0980. The van der Waals surface area contributed by atoms with Crippen molar-refractivity contribution in [2.45, 2.75) is 19.8 Å². The van der Waals surface area contributed by atoms with Gasteiger partial charge in [0, 0.05) is 12.8 Å². The summed E-state index contributed by atoms with van der Waals surface area (Å²) in [5.41, 5.74) is 2.44. The van der Waals surface area contributed by atoms with Crippen molar-refractivity contribution in [3.63, 3.8) is 0 Å². The quantitative estimate of drug-likeness (QED) is 0.504. The average Bonchev–Trinajstić information content (AvgIpc) is 2.64. The van der Waals surface area contributed by atoms with Crippen LogP contribution in [-0.2, 0) is 4.74 Å². The molecule has 24 heavy (non-hydrogen) atoms. The van der Waals surface area contributed by atoms with E-state index in [2.05, 4.69) is 18.0 Å². The number of ether oxygens (including phenoxy) is 2. The summed E-state index contributed by atoms with van der Waals surface area (Å²) in [6.07, 6.45) is 4.03. The van der Waals surface area contributed by atoms with Crippen molar-refractivity contribution in [2.75, 3.05) is 19.8 Å². The van der Waals surface area contributed by atoms with Crippen LogP contribution in [0.1, 0.15) is 30.9 Å². The molecular formula is C20H22N2O2. The maximum absolute atomic E-state index is 8.77. The van der Waals surface area contributed by atoms with E-state index in [1.165, 1.54) is 0 Å². The molecule has 0 aliphatic heterocycles. The molecule has 4 nitrogen and oxygen atoms in total. The molecule has 0 heterocycles. The van der Waals surface area contributed by atoms with Gasteiger partial charge < -0.3 is 9.47 Å². The molecule has 0 fully saturated rings. The Morgan fingerprint density at radius 2 is 1.75 bits per heavy atom. The van der Waals surface area contributed by atoms with E-state index in [9.17, 15) is 0 Å². The third kappa shape index (κ3) is 6.23. The van der Waals surface area contributed by atoms with Crippen LogP contribution in [0.2, 0.25) is 0 Å². The monoisotopic (exact) mass is 322 g/mol. The van der Waals surface area contributed by atoms with Crippen molar-refractivity contribution in [2.24, 2.45) is 4.99 Å². The lowest BCUT2D eigenvalue weighted by Crippen LogP contribution is -2.07. The Kier molecular flexibility index (Phi) is 7.52. The van der Waals surface area contributed by atoms with Crippen molar-refractivity contribution < 1.29 is 9.47 Å². The van der Waals surface area contributed by atoms with Crippen LogP contribution >= 0.6 is 0 Å². The molecule has 124 valence electrons. The summed E-state index contributed by atoms with van der Waals surface area (Å²) in [7, 11) is 0. The molecule has 0 N–H and O–H groups in total. The topological polar surface area (TPSA) is 54.6 Å². The summed E-state index contributed by atoms with van der Waals surface area (Å²) >= 11 is 0. The minimum atomic E-state index is 0.558. The fourth-order valence-corrected chi connectivity index (χ4v) is 1.99. The summed E-state index contributed by atoms with van der Waals surface area (Å²) < 4.78 is 11.1. The van der Waals surface area contributed by atoms with Gasteiger partial charge in [0.05, 0.1) is 23.9 Å². The molecule has 0 aliphatic carbocycles. The number of hydrogen-bond acceptors (Lipinski definition) is 4. The predicted molar refractivity (Wildman–Crippen MR) is 96.1 cm³/mol. The SMILES string of the molecule is CCCCOCCOc1ccc(C=Nc2ccc(C#N)cc2)cc1. The van der Waals surface area contributed by atoms with Crippen LogP contribution in [0.4, 0.5) is 5.69 Å². The van der Waals surface area contributed by atoms with E-state index in [-0.39, 0.29) is 0 Å². The second-order valence-corrected chi connectivity index (χ2v) is 5.30. The van der Waals surface area contributed by atoms with E-state index >= 15 is 0 Å². The van der Waals surface area contributed by atoms with Crippen molar-refractivity contribution in [1.82, 2.24) is 0 Å². The maximum Gasteiger partial charge on any atom is 0.119 e. The Morgan fingerprint density at radius 3 is 2.42 bits per heavy atom. The third-order valence-electron chi connectivity index (χ3n) is 3.38. The summed E-state index contributed by atoms with van der Waals surface area (Å²) in [4.78, 5) is 4.39. The average molecular weight is 322 g/mol. The Morgan fingerprint density at radius 1 is 1.00 bits per heavy atom. The first-order chi connectivity index (χ1) is 11.8. The van der Waals surface area contributed by atoms with Gasteiger partial charge in [-0.1, -0.05) is 13.3 Å². The van der Waals surface area contributed by atoms with Crippen LogP contribution in [0.5, 0.6) is 5.75 Å². The molecule has 0 atom stereocenters. The van der Waals surface area contributed by atoms with Crippen LogP contribution < -0.4 is 4.74 Å². The molecule has 0 spiro atoms. The van der Waals surface area contributed by atoms with E-state index in [0.717, 1.165) is 36.4 Å². The summed E-state index contributed by atoms with van der Waals surface area (Å²) in [6.45, 7) is 4.11. The lowest BCUT2D eigenvalue weighted by Gasteiger charge is -2.07. The highest BCUT2D eigenvalue weighted by molar-refractivity contribution is 5.82. The van der Waals surface area contributed by atoms with Crippen LogP contribution in [0.3, 0.4) is 0 Å². The Labute approximate surface area is 143 Å². The minimum Gasteiger partial charge on any atom is -0.491 e. The number of aliphatic imine (C=N–C) groups is 1. The van der Waals surface area contributed by atoms with Crippen LogP contribution in [0.25, 0.3) is 0 Å². The molecule has 0 unspecified atom stereocenters. The van der Waals surface area contributed by atoms with Gasteiger partial charge in [0.2, 0.25) is 0 Å². The first-order valence-corrected chi connectivity index (χ1v) is 8.16. The largest absolute Gasteiger partial charge is 0.491 e. The molecular weight excluding hydrogens is 300 g/mol. The van der Waals surface area contributed by atoms with Gasteiger partial charge in [0.15, 0.2) is 0 Å². The highest BCUT2D eigenvalue weighted by Crippen LogP contribution is 2.14. The normalized spacial score (nSPS) is 10.7. The Bertz CT molecular complexity index is 670. The van der Waals surface area contributed by atoms with Gasteiger partial charge in [-0.2, -0.15) is 5.26 Å². The van der Waals surface area contributed by atoms with Crippen LogP contribution in [-0.4, -0.2) is 26.0 Å². The summed E-state index contributed by atoms with van der Waals surface area (Å²) in [5, 5.41) is 8.77. The molecule has 0 aromatic heterocycles. The fourth-order valence-electron chi connectivity index (χ4n) is 1.99. The summed E-state index contributed by atoms with van der Waals surface area (Å²) in [6, 6.07) is 17.0. The first-order valence-electron chi connectivity index (χ1n) is 8.16. The van der Waals surface area contributed by atoms with Crippen LogP contribution in [0, 0.1) is 11.3 Å². The van der Waals surface area contributed by atoms with Gasteiger partial charge in [0.1, 0.15) is 12.4 Å². The zero-order valence-corrected chi connectivity index (χ0v) is 13.9. The Hall–Kier alpha value is -2.64. The van der Waals surface area contributed by atoms with Crippen molar-refractivity contribution >= 4 is 11.9 Å². The number of unbranched alkanes of at least 4 members (excludes halogenated alkanes) is 1. The second kappa shape index (κ2) is 10.2. The van der Waals surface area contributed by atoms with Crippen molar-refractivity contribution in [1.29, 1.82) is 5.26 Å². The zero-order chi connectivity index (χ0) is 17.0. The lowest BCUT2D eigenvalue weighted by atomic mass is 10.2. The molecule has 4 heteroatoms. The number of nitrogens with zero attached hydrogens (tertiary/aromatic N) is 2. The van der Waals surface area contributed by atoms with E-state index in [1.54, 1.807) is 18.3 Å². The van der Waals surface area contributed by atoms with E-state index < -0.39 is 0 Å². The van der Waals surface area contributed by atoms with Crippen LogP contribution in [0.15, 0.2) is 53.5 Å². The second-order valence-electron chi connectivity index (χ2n) is 5.30. The smallest absolute Gasteiger partial charge is 0.119 e. The molecule has 0 aliphatic rings. The number of benzene rings is 2. The summed E-state index contributed by atoms with van der Waals surface area (Å²) in [5.74, 6) is 0.824. The van der Waals surface area contributed by atoms with Gasteiger partial charge >= 0.3 is 0 Å².